The van der Waals surface area contributed by atoms with Gasteiger partial charge < -0.3 is 4.90 Å². The summed E-state index contributed by atoms with van der Waals surface area (Å²) in [6, 6.07) is 57.5. The molecule has 0 heterocycles. The first-order valence-electron chi connectivity index (χ1n) is 19.4. The number of benzene rings is 8. The van der Waals surface area contributed by atoms with E-state index in [0.717, 1.165) is 5.69 Å². The van der Waals surface area contributed by atoms with Crippen LogP contribution in [0, 0.1) is 0 Å². The van der Waals surface area contributed by atoms with Crippen molar-refractivity contribution in [1.29, 1.82) is 0 Å². The molecule has 11 rings (SSSR count). The van der Waals surface area contributed by atoms with Crippen LogP contribution in [-0.4, -0.2) is 0 Å². The lowest BCUT2D eigenvalue weighted by Gasteiger charge is -2.28. The molecule has 8 aromatic carbocycles. The van der Waals surface area contributed by atoms with Crippen LogP contribution < -0.4 is 4.90 Å². The molecule has 0 amide bonds. The fraction of sp³-hybridized carbons (Fsp3) is 0.170. The van der Waals surface area contributed by atoms with Crippen molar-refractivity contribution in [2.24, 2.45) is 0 Å². The summed E-state index contributed by atoms with van der Waals surface area (Å²) >= 11 is 0. The second-order valence-electron chi connectivity index (χ2n) is 17.4. The zero-order chi connectivity index (χ0) is 36.7. The Bertz CT molecular complexity index is 2900. The molecule has 0 radical (unpaired) electrons. The number of nitrogens with zero attached hydrogens (tertiary/aromatic N) is 1. The summed E-state index contributed by atoms with van der Waals surface area (Å²) in [5.41, 5.74) is 20.0. The molecule has 0 saturated heterocycles. The number of hydrogen-bond acceptors (Lipinski definition) is 1. The summed E-state index contributed by atoms with van der Waals surface area (Å²) < 4.78 is 0. The molecule has 3 aliphatic rings. The summed E-state index contributed by atoms with van der Waals surface area (Å²) in [5, 5.41) is 5.14. The van der Waals surface area contributed by atoms with E-state index in [1.807, 2.05) is 0 Å². The van der Waals surface area contributed by atoms with E-state index in [1.54, 1.807) is 0 Å². The monoisotopic (exact) mass is 693 g/mol. The van der Waals surface area contributed by atoms with Crippen LogP contribution >= 0.6 is 0 Å². The Hall–Kier alpha value is -5.92. The van der Waals surface area contributed by atoms with E-state index in [0.29, 0.717) is 0 Å². The standard InChI is InChI=1S/C53H43N/c1-51(2)45-19-13-12-18-39(45)43-30-50-44(31-49(43)51)40-23-22-38(29-48(40)53(50,5)6)54(36-16-8-7-9-17-36)37-21-20-34-26-42-41-25-32-14-10-11-15-33(32)27-46(41)52(3,4)47(42)28-35(34)24-37/h7-31H,1-6H3. The highest BCUT2D eigenvalue weighted by Gasteiger charge is 2.42. The van der Waals surface area contributed by atoms with Gasteiger partial charge in [0.05, 0.1) is 0 Å². The fourth-order valence-corrected chi connectivity index (χ4v) is 10.4. The van der Waals surface area contributed by atoms with E-state index in [4.69, 9.17) is 0 Å². The second-order valence-corrected chi connectivity index (χ2v) is 17.4. The van der Waals surface area contributed by atoms with Gasteiger partial charge in [0.15, 0.2) is 0 Å². The summed E-state index contributed by atoms with van der Waals surface area (Å²) in [4.78, 5) is 2.44. The number of fused-ring (bicyclic) bond motifs is 11. The molecule has 0 bridgehead atoms. The molecule has 3 aliphatic carbocycles. The minimum Gasteiger partial charge on any atom is -0.310 e. The van der Waals surface area contributed by atoms with E-state index in [1.165, 1.54) is 99.7 Å². The number of rotatable bonds is 3. The second kappa shape index (κ2) is 10.6. The van der Waals surface area contributed by atoms with Gasteiger partial charge >= 0.3 is 0 Å². The van der Waals surface area contributed by atoms with Gasteiger partial charge in [0.1, 0.15) is 0 Å². The fourth-order valence-electron chi connectivity index (χ4n) is 10.4. The Morgan fingerprint density at radius 1 is 0.278 bits per heavy atom. The van der Waals surface area contributed by atoms with E-state index in [9.17, 15) is 0 Å². The number of anilines is 3. The summed E-state index contributed by atoms with van der Waals surface area (Å²) in [6.07, 6.45) is 0. The minimum atomic E-state index is -0.144. The highest BCUT2D eigenvalue weighted by Crippen LogP contribution is 2.57. The SMILES string of the molecule is CC1(C)c2ccccc2-c2cc3c(cc21)-c1ccc(N(c2ccccc2)c2ccc4cc5c(cc4c2)C(C)(C)c2cc4ccccc4cc2-5)cc1C3(C)C. The third kappa shape index (κ3) is 4.16. The highest BCUT2D eigenvalue weighted by atomic mass is 15.1. The van der Waals surface area contributed by atoms with Gasteiger partial charge in [-0.25, -0.2) is 0 Å². The topological polar surface area (TPSA) is 3.24 Å². The molecule has 54 heavy (non-hydrogen) atoms. The van der Waals surface area contributed by atoms with Crippen LogP contribution in [0.5, 0.6) is 0 Å². The third-order valence-electron chi connectivity index (χ3n) is 13.4. The van der Waals surface area contributed by atoms with Gasteiger partial charge in [-0.3, -0.25) is 0 Å². The van der Waals surface area contributed by atoms with E-state index in [2.05, 4.69) is 198 Å². The van der Waals surface area contributed by atoms with Gasteiger partial charge in [0.25, 0.3) is 0 Å². The maximum absolute atomic E-state index is 2.51. The molecule has 260 valence electrons. The number of hydrogen-bond donors (Lipinski definition) is 0. The van der Waals surface area contributed by atoms with Crippen molar-refractivity contribution < 1.29 is 0 Å². The third-order valence-corrected chi connectivity index (χ3v) is 13.4. The summed E-state index contributed by atoms with van der Waals surface area (Å²) in [7, 11) is 0. The Morgan fingerprint density at radius 2 is 0.722 bits per heavy atom. The van der Waals surface area contributed by atoms with E-state index >= 15 is 0 Å². The molecule has 1 nitrogen and oxygen atoms in total. The van der Waals surface area contributed by atoms with E-state index < -0.39 is 0 Å². The van der Waals surface area contributed by atoms with Gasteiger partial charge in [-0.1, -0.05) is 120 Å². The Kier molecular flexibility index (Phi) is 6.21. The predicted molar refractivity (Wildman–Crippen MR) is 229 cm³/mol. The quantitative estimate of drug-likeness (QED) is 0.178. The van der Waals surface area contributed by atoms with Gasteiger partial charge in [0.2, 0.25) is 0 Å². The minimum absolute atomic E-state index is 0.0276. The molecule has 0 aromatic heterocycles. The zero-order valence-electron chi connectivity index (χ0n) is 31.9. The van der Waals surface area contributed by atoms with Crippen molar-refractivity contribution in [3.8, 4) is 33.4 Å². The molecule has 0 atom stereocenters. The lowest BCUT2D eigenvalue weighted by atomic mass is 9.79. The van der Waals surface area contributed by atoms with Crippen molar-refractivity contribution in [2.75, 3.05) is 4.90 Å². The Morgan fingerprint density at radius 3 is 1.41 bits per heavy atom. The van der Waals surface area contributed by atoms with Gasteiger partial charge in [-0.05, 0) is 161 Å². The molecule has 0 saturated carbocycles. The average Bonchev–Trinajstić information content (AvgIpc) is 3.64. The van der Waals surface area contributed by atoms with Crippen LogP contribution in [0.25, 0.3) is 54.9 Å². The Labute approximate surface area is 318 Å². The first-order valence-corrected chi connectivity index (χ1v) is 19.4. The van der Waals surface area contributed by atoms with Crippen molar-refractivity contribution in [1.82, 2.24) is 0 Å². The van der Waals surface area contributed by atoms with Crippen molar-refractivity contribution in [3.05, 3.63) is 185 Å². The van der Waals surface area contributed by atoms with Crippen molar-refractivity contribution in [3.63, 3.8) is 0 Å². The first kappa shape index (κ1) is 31.6. The first-order chi connectivity index (χ1) is 26.0. The number of para-hydroxylation sites is 1. The molecule has 1 heteroatoms. The van der Waals surface area contributed by atoms with Crippen LogP contribution in [0.3, 0.4) is 0 Å². The zero-order valence-corrected chi connectivity index (χ0v) is 31.9. The molecule has 0 N–H and O–H groups in total. The van der Waals surface area contributed by atoms with Crippen molar-refractivity contribution >= 4 is 38.6 Å². The maximum Gasteiger partial charge on any atom is 0.0468 e. The average molecular weight is 694 g/mol. The van der Waals surface area contributed by atoms with Crippen LogP contribution in [0.1, 0.15) is 74.9 Å². The molecule has 0 unspecified atom stereocenters. The molecule has 0 aliphatic heterocycles. The maximum atomic E-state index is 2.51. The van der Waals surface area contributed by atoms with Gasteiger partial charge in [-0.15, -0.1) is 0 Å². The molecule has 0 spiro atoms. The van der Waals surface area contributed by atoms with Crippen LogP contribution in [0.2, 0.25) is 0 Å². The largest absolute Gasteiger partial charge is 0.310 e. The van der Waals surface area contributed by atoms with Crippen LogP contribution in [-0.2, 0) is 16.2 Å². The normalized spacial score (nSPS) is 16.0. The lowest BCUT2D eigenvalue weighted by Crippen LogP contribution is -2.17. The summed E-state index contributed by atoms with van der Waals surface area (Å²) in [6.45, 7) is 14.4. The predicted octanol–water partition coefficient (Wildman–Crippen LogP) is 14.4. The Balaban J connectivity index is 1.04. The molecule has 0 fully saturated rings. The molecular formula is C53H43N. The van der Waals surface area contributed by atoms with Crippen molar-refractivity contribution in [2.45, 2.75) is 57.8 Å². The molecular weight excluding hydrogens is 651 g/mol. The van der Waals surface area contributed by atoms with Crippen LogP contribution in [0.15, 0.2) is 152 Å². The van der Waals surface area contributed by atoms with E-state index in [-0.39, 0.29) is 16.2 Å². The lowest BCUT2D eigenvalue weighted by molar-refractivity contribution is 0.652. The highest BCUT2D eigenvalue weighted by molar-refractivity contribution is 6.00. The van der Waals surface area contributed by atoms with Gasteiger partial charge in [0, 0.05) is 33.3 Å². The summed E-state index contributed by atoms with van der Waals surface area (Å²) in [5.74, 6) is 0. The van der Waals surface area contributed by atoms with Crippen LogP contribution in [0.4, 0.5) is 17.1 Å². The molecule has 8 aromatic rings. The smallest absolute Gasteiger partial charge is 0.0468 e. The van der Waals surface area contributed by atoms with Gasteiger partial charge in [-0.2, -0.15) is 0 Å².